The molecule has 0 spiro atoms. The van der Waals surface area contributed by atoms with Crippen LogP contribution < -0.4 is 10.2 Å². The number of sulfonamides is 1. The van der Waals surface area contributed by atoms with Gasteiger partial charge in [-0.05, 0) is 54.7 Å². The predicted molar refractivity (Wildman–Crippen MR) is 126 cm³/mol. The van der Waals surface area contributed by atoms with E-state index in [-0.39, 0.29) is 29.0 Å². The largest absolute Gasteiger partial charge is 0.370 e. The fourth-order valence-corrected chi connectivity index (χ4v) is 5.60. The smallest absolute Gasteiger partial charge is 0.243 e. The van der Waals surface area contributed by atoms with Crippen LogP contribution in [0.5, 0.6) is 0 Å². The molecule has 6 nitrogen and oxygen atoms in total. The van der Waals surface area contributed by atoms with Gasteiger partial charge in [0.2, 0.25) is 15.9 Å². The van der Waals surface area contributed by atoms with Crippen LogP contribution in [-0.4, -0.2) is 44.8 Å². The van der Waals surface area contributed by atoms with Crippen LogP contribution in [0.2, 0.25) is 0 Å². The highest BCUT2D eigenvalue weighted by Crippen LogP contribution is 2.33. The molecule has 1 unspecified atom stereocenters. The molecule has 1 saturated heterocycles. The predicted octanol–water partition coefficient (Wildman–Crippen LogP) is 4.59. The molecule has 1 aliphatic heterocycles. The molecule has 0 bridgehead atoms. The topological polar surface area (TPSA) is 69.7 Å². The van der Waals surface area contributed by atoms with Crippen molar-refractivity contribution in [3.8, 4) is 0 Å². The SMILES string of the molecule is CCN(CC)S(=O)(=O)c1ccc(N2CCCC2)c(NC(=O)CC(C)c2ccc(F)cc2)c1. The van der Waals surface area contributed by atoms with Gasteiger partial charge < -0.3 is 10.2 Å². The van der Waals surface area contributed by atoms with Crippen molar-refractivity contribution in [2.45, 2.75) is 50.8 Å². The summed E-state index contributed by atoms with van der Waals surface area (Å²) >= 11 is 0. The van der Waals surface area contributed by atoms with E-state index in [1.165, 1.54) is 16.4 Å². The maximum absolute atomic E-state index is 13.2. The molecule has 0 radical (unpaired) electrons. The zero-order valence-corrected chi connectivity index (χ0v) is 19.8. The molecule has 1 amide bonds. The summed E-state index contributed by atoms with van der Waals surface area (Å²) in [5, 5.41) is 2.95. The van der Waals surface area contributed by atoms with E-state index in [4.69, 9.17) is 0 Å². The summed E-state index contributed by atoms with van der Waals surface area (Å²) in [4.78, 5) is 15.2. The van der Waals surface area contributed by atoms with Crippen LogP contribution in [0.1, 0.15) is 51.5 Å². The Morgan fingerprint density at radius 2 is 1.72 bits per heavy atom. The summed E-state index contributed by atoms with van der Waals surface area (Å²) < 4.78 is 40.6. The number of benzene rings is 2. The average molecular weight is 462 g/mol. The van der Waals surface area contributed by atoms with Gasteiger partial charge in [0.15, 0.2) is 0 Å². The second-order valence-electron chi connectivity index (χ2n) is 8.17. The summed E-state index contributed by atoms with van der Waals surface area (Å²) in [5.41, 5.74) is 2.22. The normalized spacial score (nSPS) is 15.2. The molecule has 1 fully saturated rings. The van der Waals surface area contributed by atoms with Gasteiger partial charge in [0.1, 0.15) is 5.82 Å². The standard InChI is InChI=1S/C24H32FN3O3S/c1-4-28(5-2)32(30,31)21-12-13-23(27-14-6-7-15-27)22(17-21)26-24(29)16-18(3)19-8-10-20(25)11-9-19/h8-13,17-18H,4-7,14-16H2,1-3H3,(H,26,29). The Morgan fingerprint density at radius 1 is 1.09 bits per heavy atom. The van der Waals surface area contributed by atoms with Crippen molar-refractivity contribution in [2.75, 3.05) is 36.4 Å². The Balaban J connectivity index is 1.86. The zero-order valence-electron chi connectivity index (χ0n) is 19.0. The van der Waals surface area contributed by atoms with Crippen molar-refractivity contribution < 1.29 is 17.6 Å². The number of nitrogens with zero attached hydrogens (tertiary/aromatic N) is 2. The summed E-state index contributed by atoms with van der Waals surface area (Å²) in [7, 11) is -3.64. The highest BCUT2D eigenvalue weighted by atomic mass is 32.2. The van der Waals surface area contributed by atoms with Crippen LogP contribution in [0.4, 0.5) is 15.8 Å². The molecule has 0 aliphatic carbocycles. The number of rotatable bonds is 9. The first-order chi connectivity index (χ1) is 15.3. The minimum Gasteiger partial charge on any atom is -0.370 e. The Kier molecular flexibility index (Phi) is 7.90. The number of anilines is 2. The summed E-state index contributed by atoms with van der Waals surface area (Å²) in [5.74, 6) is -0.625. The molecular weight excluding hydrogens is 429 g/mol. The van der Waals surface area contributed by atoms with E-state index in [1.54, 1.807) is 44.2 Å². The Bertz CT molecular complexity index is 1030. The molecule has 1 heterocycles. The highest BCUT2D eigenvalue weighted by Gasteiger charge is 2.25. The zero-order chi connectivity index (χ0) is 23.3. The summed E-state index contributed by atoms with van der Waals surface area (Å²) in [6.45, 7) is 8.02. The monoisotopic (exact) mass is 461 g/mol. The van der Waals surface area contributed by atoms with E-state index < -0.39 is 10.0 Å². The lowest BCUT2D eigenvalue weighted by Crippen LogP contribution is -2.31. The molecule has 0 aromatic heterocycles. The van der Waals surface area contributed by atoms with Gasteiger partial charge in [-0.2, -0.15) is 4.31 Å². The van der Waals surface area contributed by atoms with Crippen LogP contribution in [-0.2, 0) is 14.8 Å². The van der Waals surface area contributed by atoms with Gasteiger partial charge in [-0.15, -0.1) is 0 Å². The molecule has 3 rings (SSSR count). The first-order valence-electron chi connectivity index (χ1n) is 11.2. The summed E-state index contributed by atoms with van der Waals surface area (Å²) in [6.07, 6.45) is 2.33. The van der Waals surface area contributed by atoms with Crippen molar-refractivity contribution in [1.82, 2.24) is 4.31 Å². The van der Waals surface area contributed by atoms with Crippen molar-refractivity contribution in [3.05, 3.63) is 53.8 Å². The third-order valence-electron chi connectivity index (χ3n) is 5.96. The lowest BCUT2D eigenvalue weighted by Gasteiger charge is -2.24. The maximum Gasteiger partial charge on any atom is 0.243 e. The minimum absolute atomic E-state index is 0.103. The van der Waals surface area contributed by atoms with Crippen molar-refractivity contribution >= 4 is 27.3 Å². The first kappa shape index (κ1) is 24.2. The van der Waals surface area contributed by atoms with Crippen LogP contribution >= 0.6 is 0 Å². The quantitative estimate of drug-likeness (QED) is 0.593. The molecule has 1 aliphatic rings. The molecule has 0 saturated carbocycles. The third kappa shape index (κ3) is 5.48. The molecule has 32 heavy (non-hydrogen) atoms. The van der Waals surface area contributed by atoms with Gasteiger partial charge in [0.25, 0.3) is 0 Å². The molecular formula is C24H32FN3O3S. The fourth-order valence-electron chi connectivity index (χ4n) is 4.11. The number of hydrogen-bond acceptors (Lipinski definition) is 4. The van der Waals surface area contributed by atoms with Gasteiger partial charge in [-0.25, -0.2) is 12.8 Å². The average Bonchev–Trinajstić information content (AvgIpc) is 3.29. The molecule has 1 atom stereocenters. The number of nitrogens with one attached hydrogen (secondary N) is 1. The Labute approximate surface area is 190 Å². The summed E-state index contributed by atoms with van der Waals surface area (Å²) in [6, 6.07) is 11.1. The van der Waals surface area contributed by atoms with Crippen molar-refractivity contribution in [2.24, 2.45) is 0 Å². The van der Waals surface area contributed by atoms with Crippen LogP contribution in [0.25, 0.3) is 0 Å². The molecule has 8 heteroatoms. The molecule has 174 valence electrons. The van der Waals surface area contributed by atoms with Crippen LogP contribution in [0.3, 0.4) is 0 Å². The van der Waals surface area contributed by atoms with E-state index in [0.717, 1.165) is 37.2 Å². The lowest BCUT2D eigenvalue weighted by molar-refractivity contribution is -0.116. The maximum atomic E-state index is 13.2. The third-order valence-corrected chi connectivity index (χ3v) is 8.01. The van der Waals surface area contributed by atoms with Gasteiger partial charge in [-0.1, -0.05) is 32.9 Å². The Hall–Kier alpha value is -2.45. The van der Waals surface area contributed by atoms with E-state index in [2.05, 4.69) is 10.2 Å². The van der Waals surface area contributed by atoms with E-state index in [0.29, 0.717) is 18.8 Å². The molecule has 2 aromatic carbocycles. The van der Waals surface area contributed by atoms with Gasteiger partial charge in [0, 0.05) is 32.6 Å². The minimum atomic E-state index is -3.64. The van der Waals surface area contributed by atoms with E-state index in [9.17, 15) is 17.6 Å². The number of carbonyl (C=O) groups is 1. The lowest BCUT2D eigenvalue weighted by atomic mass is 9.97. The van der Waals surface area contributed by atoms with E-state index in [1.807, 2.05) is 6.92 Å². The second-order valence-corrected chi connectivity index (χ2v) is 10.1. The van der Waals surface area contributed by atoms with Gasteiger partial charge in [0.05, 0.1) is 16.3 Å². The van der Waals surface area contributed by atoms with Crippen molar-refractivity contribution in [3.63, 3.8) is 0 Å². The number of halogens is 1. The van der Waals surface area contributed by atoms with Crippen molar-refractivity contribution in [1.29, 1.82) is 0 Å². The Morgan fingerprint density at radius 3 is 2.31 bits per heavy atom. The van der Waals surface area contributed by atoms with E-state index >= 15 is 0 Å². The highest BCUT2D eigenvalue weighted by molar-refractivity contribution is 7.89. The van der Waals surface area contributed by atoms with Gasteiger partial charge in [-0.3, -0.25) is 4.79 Å². The van der Waals surface area contributed by atoms with Gasteiger partial charge >= 0.3 is 0 Å². The number of carbonyl (C=O) groups excluding carboxylic acids is 1. The fraction of sp³-hybridized carbons (Fsp3) is 0.458. The van der Waals surface area contributed by atoms with Crippen LogP contribution in [0.15, 0.2) is 47.4 Å². The first-order valence-corrected chi connectivity index (χ1v) is 12.6. The second kappa shape index (κ2) is 10.4. The number of amides is 1. The molecule has 1 N–H and O–H groups in total. The van der Waals surface area contributed by atoms with Crippen LogP contribution in [0, 0.1) is 5.82 Å². The number of hydrogen-bond donors (Lipinski definition) is 1. The molecule has 2 aromatic rings.